The highest BCUT2D eigenvalue weighted by Crippen LogP contribution is 2.37. The molecule has 0 radical (unpaired) electrons. The van der Waals surface area contributed by atoms with Gasteiger partial charge in [0.05, 0.1) is 10.6 Å². The van der Waals surface area contributed by atoms with Crippen LogP contribution in [0, 0.1) is 5.41 Å². The Morgan fingerprint density at radius 3 is 2.43 bits per heavy atom. The largest absolute Gasteiger partial charge is 0.417 e. The van der Waals surface area contributed by atoms with E-state index in [1.807, 2.05) is 20.8 Å². The van der Waals surface area contributed by atoms with Crippen molar-refractivity contribution in [1.29, 1.82) is 0 Å². The van der Waals surface area contributed by atoms with Crippen LogP contribution in [-0.4, -0.2) is 23.9 Å². The van der Waals surface area contributed by atoms with Crippen LogP contribution in [0.4, 0.5) is 13.2 Å². The first-order chi connectivity index (χ1) is 10.5. The van der Waals surface area contributed by atoms with Gasteiger partial charge in [-0.15, -0.1) is 0 Å². The summed E-state index contributed by atoms with van der Waals surface area (Å²) in [5.41, 5.74) is -0.518. The maximum Gasteiger partial charge on any atom is 0.417 e. The molecule has 0 spiro atoms. The van der Waals surface area contributed by atoms with Crippen molar-refractivity contribution >= 4 is 17.5 Å². The number of benzene rings is 1. The number of rotatable bonds is 1. The Morgan fingerprint density at radius 2 is 1.91 bits per heavy atom. The highest BCUT2D eigenvalue weighted by Gasteiger charge is 2.35. The van der Waals surface area contributed by atoms with Crippen LogP contribution in [0.15, 0.2) is 18.2 Å². The van der Waals surface area contributed by atoms with E-state index in [-0.39, 0.29) is 16.8 Å². The lowest BCUT2D eigenvalue weighted by atomic mass is 9.87. The maximum atomic E-state index is 12.8. The minimum atomic E-state index is -4.45. The third kappa shape index (κ3) is 4.19. The van der Waals surface area contributed by atoms with E-state index in [1.54, 1.807) is 4.90 Å². The first-order valence-electron chi connectivity index (χ1n) is 7.66. The number of halogens is 4. The highest BCUT2D eigenvalue weighted by atomic mass is 35.5. The SMILES string of the molecule is CC(C)(C)C(=O)N1CCCC(c2ccc(C(F)(F)F)c(Cl)c2)C1. The number of carbonyl (C=O) groups is 1. The summed E-state index contributed by atoms with van der Waals surface area (Å²) in [5, 5.41) is -0.283. The maximum absolute atomic E-state index is 12.8. The topological polar surface area (TPSA) is 20.3 Å². The molecular formula is C17H21ClF3NO. The molecule has 2 rings (SSSR count). The molecule has 1 atom stereocenters. The molecule has 6 heteroatoms. The fourth-order valence-electron chi connectivity index (χ4n) is 2.92. The summed E-state index contributed by atoms with van der Waals surface area (Å²) in [6.45, 7) is 6.83. The molecule has 1 aromatic carbocycles. The van der Waals surface area contributed by atoms with Gasteiger partial charge in [0, 0.05) is 24.4 Å². The Kier molecular flexibility index (Phi) is 5.00. The third-order valence-electron chi connectivity index (χ3n) is 4.12. The molecule has 1 amide bonds. The van der Waals surface area contributed by atoms with Crippen LogP contribution in [0.5, 0.6) is 0 Å². The van der Waals surface area contributed by atoms with Gasteiger partial charge in [0.1, 0.15) is 0 Å². The second-order valence-electron chi connectivity index (χ2n) is 7.08. The number of hydrogen-bond acceptors (Lipinski definition) is 1. The van der Waals surface area contributed by atoms with Gasteiger partial charge < -0.3 is 4.90 Å². The van der Waals surface area contributed by atoms with Crippen molar-refractivity contribution in [2.75, 3.05) is 13.1 Å². The molecule has 23 heavy (non-hydrogen) atoms. The van der Waals surface area contributed by atoms with Crippen LogP contribution in [0.25, 0.3) is 0 Å². The number of alkyl halides is 3. The lowest BCUT2D eigenvalue weighted by Gasteiger charge is -2.36. The molecular weight excluding hydrogens is 327 g/mol. The van der Waals surface area contributed by atoms with Gasteiger partial charge in [0.15, 0.2) is 0 Å². The smallest absolute Gasteiger partial charge is 0.342 e. The van der Waals surface area contributed by atoms with Gasteiger partial charge in [-0.25, -0.2) is 0 Å². The molecule has 0 N–H and O–H groups in total. The average molecular weight is 348 g/mol. The van der Waals surface area contributed by atoms with Gasteiger partial charge in [0.2, 0.25) is 5.91 Å². The van der Waals surface area contributed by atoms with Crippen LogP contribution >= 0.6 is 11.6 Å². The fourth-order valence-corrected chi connectivity index (χ4v) is 3.22. The van der Waals surface area contributed by atoms with Crippen molar-refractivity contribution in [3.8, 4) is 0 Å². The monoisotopic (exact) mass is 347 g/mol. The molecule has 0 aliphatic carbocycles. The molecule has 1 aliphatic heterocycles. The summed E-state index contributed by atoms with van der Waals surface area (Å²) >= 11 is 5.80. The number of piperidine rings is 1. The molecule has 1 heterocycles. The zero-order chi connectivity index (χ0) is 17.4. The van der Waals surface area contributed by atoms with Gasteiger partial charge >= 0.3 is 6.18 Å². The summed E-state index contributed by atoms with van der Waals surface area (Å²) in [7, 11) is 0. The number of likely N-dealkylation sites (tertiary alicyclic amines) is 1. The third-order valence-corrected chi connectivity index (χ3v) is 4.43. The lowest BCUT2D eigenvalue weighted by molar-refractivity contribution is -0.140. The summed E-state index contributed by atoms with van der Waals surface area (Å²) in [4.78, 5) is 14.2. The van der Waals surface area contributed by atoms with Crippen molar-refractivity contribution in [1.82, 2.24) is 4.90 Å². The number of carbonyl (C=O) groups excluding carboxylic acids is 1. The molecule has 1 unspecified atom stereocenters. The lowest BCUT2D eigenvalue weighted by Crippen LogP contribution is -2.44. The quantitative estimate of drug-likeness (QED) is 0.691. The Bertz CT molecular complexity index is 592. The van der Waals surface area contributed by atoms with Crippen molar-refractivity contribution < 1.29 is 18.0 Å². The van der Waals surface area contributed by atoms with E-state index in [2.05, 4.69) is 0 Å². The molecule has 0 aromatic heterocycles. The van der Waals surface area contributed by atoms with Crippen LogP contribution < -0.4 is 0 Å². The van der Waals surface area contributed by atoms with Gasteiger partial charge in [-0.3, -0.25) is 4.79 Å². The molecule has 0 saturated carbocycles. The summed E-state index contributed by atoms with van der Waals surface area (Å²) in [6, 6.07) is 3.90. The van der Waals surface area contributed by atoms with E-state index in [0.29, 0.717) is 13.1 Å². The van der Waals surface area contributed by atoms with Crippen LogP contribution in [-0.2, 0) is 11.0 Å². The second kappa shape index (κ2) is 6.34. The zero-order valence-electron chi connectivity index (χ0n) is 13.5. The molecule has 1 fully saturated rings. The molecule has 1 aromatic rings. The predicted molar refractivity (Wildman–Crippen MR) is 84.5 cm³/mol. The van der Waals surface area contributed by atoms with E-state index < -0.39 is 17.2 Å². The minimum Gasteiger partial charge on any atom is -0.342 e. The summed E-state index contributed by atoms with van der Waals surface area (Å²) in [6.07, 6.45) is -2.77. The van der Waals surface area contributed by atoms with E-state index in [1.165, 1.54) is 12.1 Å². The number of nitrogens with zero attached hydrogens (tertiary/aromatic N) is 1. The highest BCUT2D eigenvalue weighted by molar-refractivity contribution is 6.31. The van der Waals surface area contributed by atoms with Crippen molar-refractivity contribution in [2.24, 2.45) is 5.41 Å². The summed E-state index contributed by atoms with van der Waals surface area (Å²) < 4.78 is 38.4. The predicted octanol–water partition coefficient (Wildman–Crippen LogP) is 5.11. The molecule has 128 valence electrons. The van der Waals surface area contributed by atoms with Gasteiger partial charge in [0.25, 0.3) is 0 Å². The van der Waals surface area contributed by atoms with Crippen molar-refractivity contribution in [3.63, 3.8) is 0 Å². The zero-order valence-corrected chi connectivity index (χ0v) is 14.3. The van der Waals surface area contributed by atoms with Gasteiger partial charge in [-0.1, -0.05) is 38.4 Å². The normalized spacial score (nSPS) is 19.8. The molecule has 1 aliphatic rings. The summed E-state index contributed by atoms with van der Waals surface area (Å²) in [5.74, 6) is 0.0926. The molecule has 1 saturated heterocycles. The van der Waals surface area contributed by atoms with E-state index in [4.69, 9.17) is 11.6 Å². The van der Waals surface area contributed by atoms with E-state index in [9.17, 15) is 18.0 Å². The standard InChI is InChI=1S/C17H21ClF3NO/c1-16(2,3)15(23)22-8-4-5-12(10-22)11-6-7-13(14(18)9-11)17(19,20)21/h6-7,9,12H,4-5,8,10H2,1-3H3. The Balaban J connectivity index is 2.19. The van der Waals surface area contributed by atoms with Gasteiger partial charge in [-0.2, -0.15) is 13.2 Å². The molecule has 0 bridgehead atoms. The Labute approximate surface area is 139 Å². The number of amides is 1. The van der Waals surface area contributed by atoms with Gasteiger partial charge in [-0.05, 0) is 30.5 Å². The minimum absolute atomic E-state index is 0.0230. The average Bonchev–Trinajstić information content (AvgIpc) is 2.44. The first kappa shape index (κ1) is 18.1. The van der Waals surface area contributed by atoms with Crippen LogP contribution in [0.1, 0.15) is 50.7 Å². The van der Waals surface area contributed by atoms with E-state index >= 15 is 0 Å². The van der Waals surface area contributed by atoms with Crippen LogP contribution in [0.3, 0.4) is 0 Å². The van der Waals surface area contributed by atoms with Crippen LogP contribution in [0.2, 0.25) is 5.02 Å². The second-order valence-corrected chi connectivity index (χ2v) is 7.48. The fraction of sp³-hybridized carbons (Fsp3) is 0.588. The van der Waals surface area contributed by atoms with Crippen molar-refractivity contribution in [2.45, 2.75) is 45.7 Å². The number of hydrogen-bond donors (Lipinski definition) is 0. The molecule has 2 nitrogen and oxygen atoms in total. The Morgan fingerprint density at radius 1 is 1.26 bits per heavy atom. The van der Waals surface area contributed by atoms with E-state index in [0.717, 1.165) is 24.5 Å². The Hall–Kier alpha value is -1.23. The first-order valence-corrected chi connectivity index (χ1v) is 8.04. The van der Waals surface area contributed by atoms with Crippen molar-refractivity contribution in [3.05, 3.63) is 34.3 Å².